The van der Waals surface area contributed by atoms with Gasteiger partial charge in [0.1, 0.15) is 6.17 Å². The van der Waals surface area contributed by atoms with E-state index in [2.05, 4.69) is 36.3 Å². The van der Waals surface area contributed by atoms with E-state index in [1.807, 2.05) is 19.1 Å². The van der Waals surface area contributed by atoms with Crippen molar-refractivity contribution in [1.82, 2.24) is 10.6 Å². The van der Waals surface area contributed by atoms with Gasteiger partial charge < -0.3 is 10.6 Å². The molecule has 1 saturated heterocycles. The van der Waals surface area contributed by atoms with Gasteiger partial charge in [0.05, 0.1) is 11.5 Å². The lowest BCUT2D eigenvalue weighted by molar-refractivity contribution is -0.167. The quantitative estimate of drug-likeness (QED) is 0.685. The van der Waals surface area contributed by atoms with E-state index in [-0.39, 0.29) is 28.2 Å². The van der Waals surface area contributed by atoms with Gasteiger partial charge in [-0.05, 0) is 80.7 Å². The van der Waals surface area contributed by atoms with Crippen LogP contribution in [0.1, 0.15) is 58.8 Å². The molecule has 28 heavy (non-hydrogen) atoms. The van der Waals surface area contributed by atoms with Crippen LogP contribution in [0.15, 0.2) is 36.5 Å². The first-order chi connectivity index (χ1) is 13.3. The number of hydrogen-bond donors (Lipinski definition) is 2. The summed E-state index contributed by atoms with van der Waals surface area (Å²) in [6.45, 7) is 9.93. The molecule has 6 atom stereocenters. The van der Waals surface area contributed by atoms with Gasteiger partial charge in [0.15, 0.2) is 0 Å². The van der Waals surface area contributed by atoms with E-state index in [1.165, 1.54) is 12.0 Å². The normalized spacial score (nSPS) is 45.0. The number of halogens is 1. The Kier molecular flexibility index (Phi) is 5.06. The first-order valence-corrected chi connectivity index (χ1v) is 10.9. The van der Waals surface area contributed by atoms with E-state index in [4.69, 9.17) is 0 Å². The third kappa shape index (κ3) is 3.38. The predicted octanol–water partition coefficient (Wildman–Crippen LogP) is 4.47. The van der Waals surface area contributed by atoms with Crippen molar-refractivity contribution in [3.63, 3.8) is 0 Å². The molecule has 0 radical (unpaired) electrons. The lowest BCUT2D eigenvalue weighted by atomic mass is 9.38. The van der Waals surface area contributed by atoms with Crippen molar-refractivity contribution in [1.29, 1.82) is 0 Å². The molecule has 3 nitrogen and oxygen atoms in total. The van der Waals surface area contributed by atoms with Gasteiger partial charge in [-0.3, -0.25) is 4.79 Å². The molecule has 4 saturated carbocycles. The van der Waals surface area contributed by atoms with E-state index in [1.54, 1.807) is 0 Å². The Hall–Kier alpha value is -1.42. The molecule has 1 aliphatic heterocycles. The van der Waals surface area contributed by atoms with Crippen LogP contribution >= 0.6 is 0 Å². The van der Waals surface area contributed by atoms with Crippen LogP contribution in [0.5, 0.6) is 0 Å². The van der Waals surface area contributed by atoms with Gasteiger partial charge in [0.2, 0.25) is 5.91 Å². The first kappa shape index (κ1) is 19.9. The molecule has 0 aromatic carbocycles. The molecule has 0 aromatic heterocycles. The highest BCUT2D eigenvalue weighted by Crippen LogP contribution is 2.71. The van der Waals surface area contributed by atoms with Gasteiger partial charge in [-0.15, -0.1) is 0 Å². The summed E-state index contributed by atoms with van der Waals surface area (Å²) in [4.78, 5) is 13.5. The monoisotopic (exact) mass is 386 g/mol. The maximum Gasteiger partial charge on any atom is 0.226 e. The third-order valence-corrected chi connectivity index (χ3v) is 7.84. The molecule has 5 fully saturated rings. The molecule has 0 spiro atoms. The Morgan fingerprint density at radius 3 is 2.64 bits per heavy atom. The summed E-state index contributed by atoms with van der Waals surface area (Å²) in [6, 6.07) is -0.344. The summed E-state index contributed by atoms with van der Waals surface area (Å²) >= 11 is 0. The summed E-state index contributed by atoms with van der Waals surface area (Å²) in [5.41, 5.74) is 1.03. The molecule has 0 aromatic rings. The minimum atomic E-state index is -0.991. The Balaban J connectivity index is 1.59. The number of carbonyl (C=O) groups is 1. The SMILES string of the molecule is C=C(/C=C\C=C/C)[C@]12CC3CC(C(=O)N[C@@H]4CCNC[C@H]4F)(C[C@](C)(C3)C1)C2. The summed E-state index contributed by atoms with van der Waals surface area (Å²) in [5, 5.41) is 6.21. The number of nitrogens with one attached hydrogen (secondary N) is 2. The highest BCUT2D eigenvalue weighted by molar-refractivity contribution is 5.84. The van der Waals surface area contributed by atoms with Crippen LogP contribution in [0, 0.1) is 22.2 Å². The van der Waals surface area contributed by atoms with Crippen molar-refractivity contribution in [3.8, 4) is 0 Å². The zero-order valence-electron chi connectivity index (χ0n) is 17.4. The second kappa shape index (κ2) is 7.12. The van der Waals surface area contributed by atoms with Crippen LogP contribution < -0.4 is 10.6 Å². The Morgan fingerprint density at radius 1 is 1.18 bits per heavy atom. The molecule has 5 aliphatic rings. The highest BCUT2D eigenvalue weighted by atomic mass is 19.1. The van der Waals surface area contributed by atoms with Gasteiger partial charge in [-0.25, -0.2) is 4.39 Å². The van der Waals surface area contributed by atoms with E-state index in [9.17, 15) is 9.18 Å². The largest absolute Gasteiger partial charge is 0.350 e. The molecule has 4 aliphatic carbocycles. The van der Waals surface area contributed by atoms with Crippen molar-refractivity contribution in [2.75, 3.05) is 13.1 Å². The molecule has 1 heterocycles. The fourth-order valence-corrected chi connectivity index (χ4v) is 7.30. The Bertz CT molecular complexity index is 715. The summed E-state index contributed by atoms with van der Waals surface area (Å²) in [6.07, 6.45) is 14.2. The van der Waals surface area contributed by atoms with E-state index >= 15 is 0 Å². The average Bonchev–Trinajstić information content (AvgIpc) is 2.61. The maximum absolute atomic E-state index is 14.3. The second-order valence-corrected chi connectivity index (χ2v) is 10.4. The zero-order chi connectivity index (χ0) is 20.0. The number of carbonyl (C=O) groups excluding carboxylic acids is 1. The summed E-state index contributed by atoms with van der Waals surface area (Å²) < 4.78 is 14.3. The van der Waals surface area contributed by atoms with Gasteiger partial charge >= 0.3 is 0 Å². The van der Waals surface area contributed by atoms with Crippen molar-refractivity contribution < 1.29 is 9.18 Å². The van der Waals surface area contributed by atoms with Gasteiger partial charge in [0, 0.05) is 6.54 Å². The molecular weight excluding hydrogens is 351 g/mol. The van der Waals surface area contributed by atoms with Crippen LogP contribution in [0.2, 0.25) is 0 Å². The molecular formula is C24H35FN2O. The Labute approximate surface area is 168 Å². The number of alkyl halides is 1. The standard InChI is InChI=1S/C24H35FN2O/c1-4-5-6-7-17(2)23-11-18-10-22(3,14-23)15-24(12-18,16-23)21(28)27-20-8-9-26-13-19(20)25/h4-7,18-20,26H,2,8-16H2,1,3H3,(H,27,28)/b5-4-,7-6-/t18?,19-,20-,22-,23-,24?/m1/s1. The lowest BCUT2D eigenvalue weighted by Gasteiger charge is -2.65. The first-order valence-electron chi connectivity index (χ1n) is 10.9. The predicted molar refractivity (Wildman–Crippen MR) is 112 cm³/mol. The van der Waals surface area contributed by atoms with Crippen molar-refractivity contribution in [2.24, 2.45) is 22.2 Å². The van der Waals surface area contributed by atoms with Crippen LogP contribution in [-0.4, -0.2) is 31.2 Å². The van der Waals surface area contributed by atoms with Crippen LogP contribution in [-0.2, 0) is 4.79 Å². The molecule has 2 unspecified atom stereocenters. The molecule has 1 amide bonds. The minimum Gasteiger partial charge on any atom is -0.350 e. The number of piperidine rings is 1. The summed E-state index contributed by atoms with van der Waals surface area (Å²) in [7, 11) is 0. The van der Waals surface area contributed by atoms with Crippen molar-refractivity contribution >= 4 is 5.91 Å². The smallest absolute Gasteiger partial charge is 0.226 e. The third-order valence-electron chi connectivity index (χ3n) is 7.84. The number of allylic oxidation sites excluding steroid dienone is 5. The van der Waals surface area contributed by atoms with Crippen molar-refractivity contribution in [2.45, 2.75) is 71.0 Å². The van der Waals surface area contributed by atoms with Gasteiger partial charge in [-0.2, -0.15) is 0 Å². The maximum atomic E-state index is 14.3. The zero-order valence-corrected chi connectivity index (χ0v) is 17.4. The van der Waals surface area contributed by atoms with Crippen LogP contribution in [0.4, 0.5) is 4.39 Å². The molecule has 154 valence electrons. The van der Waals surface area contributed by atoms with Gasteiger partial charge in [0.25, 0.3) is 0 Å². The molecule has 2 N–H and O–H groups in total. The van der Waals surface area contributed by atoms with E-state index in [0.717, 1.165) is 38.6 Å². The molecule has 4 bridgehead atoms. The number of hydrogen-bond acceptors (Lipinski definition) is 2. The molecule has 5 rings (SSSR count). The van der Waals surface area contributed by atoms with Gasteiger partial charge in [-0.1, -0.05) is 37.8 Å². The van der Waals surface area contributed by atoms with Crippen LogP contribution in [0.25, 0.3) is 0 Å². The average molecular weight is 387 g/mol. The number of amides is 1. The second-order valence-electron chi connectivity index (χ2n) is 10.4. The van der Waals surface area contributed by atoms with Crippen molar-refractivity contribution in [3.05, 3.63) is 36.5 Å². The lowest BCUT2D eigenvalue weighted by Crippen LogP contribution is -2.63. The minimum absolute atomic E-state index is 0.0207. The highest BCUT2D eigenvalue weighted by Gasteiger charge is 2.64. The van der Waals surface area contributed by atoms with E-state index in [0.29, 0.717) is 18.9 Å². The van der Waals surface area contributed by atoms with E-state index < -0.39 is 6.17 Å². The fraction of sp³-hybridized carbons (Fsp3) is 0.708. The topological polar surface area (TPSA) is 41.1 Å². The summed E-state index contributed by atoms with van der Waals surface area (Å²) in [5.74, 6) is 0.681. The fourth-order valence-electron chi connectivity index (χ4n) is 7.30. The molecule has 4 heteroatoms. The number of rotatable bonds is 5. The van der Waals surface area contributed by atoms with Crippen LogP contribution in [0.3, 0.4) is 0 Å². The Morgan fingerprint density at radius 2 is 1.93 bits per heavy atom.